The zero-order valence-electron chi connectivity index (χ0n) is 18.9. The standard InChI is InChI=1S/C23H46N2O3/c1-4-5-6-7-8-9-10-11-12-13-14-15-16-18-22(26)24-19-17-20-25(2,3)21-23(27)28/h4-21H2,1-3H3,(H-,24,26,27,28)/p+1. The highest BCUT2D eigenvalue weighted by Gasteiger charge is 2.18. The van der Waals surface area contributed by atoms with Crippen LogP contribution < -0.4 is 5.32 Å². The highest BCUT2D eigenvalue weighted by Crippen LogP contribution is 2.12. The Hall–Kier alpha value is -1.10. The summed E-state index contributed by atoms with van der Waals surface area (Å²) in [5.74, 6) is -0.650. The summed E-state index contributed by atoms with van der Waals surface area (Å²) in [5, 5.41) is 11.8. The van der Waals surface area contributed by atoms with E-state index in [9.17, 15) is 9.59 Å². The SMILES string of the molecule is CCCCCCCCCCCCCCCC(=O)NCCC[N+](C)(C)CC(=O)O. The Bertz CT molecular complexity index is 397. The van der Waals surface area contributed by atoms with Gasteiger partial charge in [0.1, 0.15) is 0 Å². The van der Waals surface area contributed by atoms with E-state index in [4.69, 9.17) is 5.11 Å². The van der Waals surface area contributed by atoms with Gasteiger partial charge in [0, 0.05) is 19.4 Å². The Labute approximate surface area is 173 Å². The molecule has 0 bridgehead atoms. The van der Waals surface area contributed by atoms with Crippen molar-refractivity contribution in [2.75, 3.05) is 33.7 Å². The summed E-state index contributed by atoms with van der Waals surface area (Å²) in [6.07, 6.45) is 18.5. The van der Waals surface area contributed by atoms with Gasteiger partial charge in [-0.25, -0.2) is 4.79 Å². The molecule has 0 saturated carbocycles. The summed E-state index contributed by atoms with van der Waals surface area (Å²) in [6.45, 7) is 3.77. The summed E-state index contributed by atoms with van der Waals surface area (Å²) >= 11 is 0. The minimum Gasteiger partial charge on any atom is -0.477 e. The first-order chi connectivity index (χ1) is 13.4. The molecule has 166 valence electrons. The van der Waals surface area contributed by atoms with Crippen molar-refractivity contribution in [2.45, 2.75) is 103 Å². The number of nitrogens with zero attached hydrogens (tertiary/aromatic N) is 1. The number of aliphatic carboxylic acids is 1. The first kappa shape index (κ1) is 26.9. The number of carboxylic acid groups (broad SMARTS) is 1. The maximum Gasteiger partial charge on any atom is 0.359 e. The Balaban J connectivity index is 3.34. The van der Waals surface area contributed by atoms with Crippen molar-refractivity contribution in [3.05, 3.63) is 0 Å². The normalized spacial score (nSPS) is 11.5. The Morgan fingerprint density at radius 3 is 1.68 bits per heavy atom. The Morgan fingerprint density at radius 2 is 1.21 bits per heavy atom. The van der Waals surface area contributed by atoms with Crippen LogP contribution in [-0.4, -0.2) is 55.2 Å². The lowest BCUT2D eigenvalue weighted by molar-refractivity contribution is -0.883. The van der Waals surface area contributed by atoms with Gasteiger partial charge in [-0.3, -0.25) is 4.79 Å². The molecule has 0 spiro atoms. The number of carboxylic acids is 1. The van der Waals surface area contributed by atoms with Gasteiger partial charge in [-0.2, -0.15) is 0 Å². The van der Waals surface area contributed by atoms with E-state index < -0.39 is 5.97 Å². The van der Waals surface area contributed by atoms with E-state index in [2.05, 4.69) is 12.2 Å². The first-order valence-electron chi connectivity index (χ1n) is 11.7. The van der Waals surface area contributed by atoms with Gasteiger partial charge >= 0.3 is 5.97 Å². The lowest BCUT2D eigenvalue weighted by atomic mass is 10.0. The number of amides is 1. The molecule has 0 aromatic rings. The summed E-state index contributed by atoms with van der Waals surface area (Å²) in [4.78, 5) is 22.6. The second-order valence-corrected chi connectivity index (χ2v) is 8.91. The van der Waals surface area contributed by atoms with Crippen molar-refractivity contribution < 1.29 is 19.2 Å². The first-order valence-corrected chi connectivity index (χ1v) is 11.7. The molecule has 0 aliphatic carbocycles. The van der Waals surface area contributed by atoms with Gasteiger partial charge in [-0.1, -0.05) is 84.0 Å². The fourth-order valence-electron chi connectivity index (χ4n) is 3.57. The monoisotopic (exact) mass is 399 g/mol. The van der Waals surface area contributed by atoms with Crippen LogP contribution >= 0.6 is 0 Å². The Morgan fingerprint density at radius 1 is 0.750 bits per heavy atom. The smallest absolute Gasteiger partial charge is 0.359 e. The van der Waals surface area contributed by atoms with Gasteiger partial charge in [-0.05, 0) is 6.42 Å². The van der Waals surface area contributed by atoms with Gasteiger partial charge in [0.05, 0.1) is 20.6 Å². The molecule has 0 aliphatic heterocycles. The number of hydrogen-bond donors (Lipinski definition) is 2. The largest absolute Gasteiger partial charge is 0.477 e. The molecule has 0 aliphatic rings. The highest BCUT2D eigenvalue weighted by molar-refractivity contribution is 5.75. The maximum absolute atomic E-state index is 11.8. The van der Waals surface area contributed by atoms with Crippen LogP contribution in [0.1, 0.15) is 103 Å². The highest BCUT2D eigenvalue weighted by atomic mass is 16.4. The molecule has 2 N–H and O–H groups in total. The lowest BCUT2D eigenvalue weighted by Gasteiger charge is -2.27. The fraction of sp³-hybridized carbons (Fsp3) is 0.913. The predicted molar refractivity (Wildman–Crippen MR) is 117 cm³/mol. The molecule has 5 heteroatoms. The van der Waals surface area contributed by atoms with Gasteiger partial charge in [0.25, 0.3) is 0 Å². The molecule has 0 aromatic heterocycles. The van der Waals surface area contributed by atoms with E-state index in [1.54, 1.807) is 0 Å². The quantitative estimate of drug-likeness (QED) is 0.220. The average Bonchev–Trinajstić information content (AvgIpc) is 2.61. The zero-order chi connectivity index (χ0) is 21.1. The molecular formula is C23H47N2O3+. The number of nitrogens with one attached hydrogen (secondary N) is 1. The molecule has 0 unspecified atom stereocenters. The van der Waals surface area contributed by atoms with Crippen molar-refractivity contribution in [1.82, 2.24) is 5.32 Å². The fourth-order valence-corrected chi connectivity index (χ4v) is 3.57. The van der Waals surface area contributed by atoms with Crippen LogP contribution in [0.3, 0.4) is 0 Å². The van der Waals surface area contributed by atoms with E-state index in [0.717, 1.165) is 25.8 Å². The van der Waals surface area contributed by atoms with Crippen molar-refractivity contribution in [3.8, 4) is 0 Å². The lowest BCUT2D eigenvalue weighted by Crippen LogP contribution is -2.45. The van der Waals surface area contributed by atoms with Crippen molar-refractivity contribution in [3.63, 3.8) is 0 Å². The molecule has 28 heavy (non-hydrogen) atoms. The molecule has 0 fully saturated rings. The maximum atomic E-state index is 11.8. The third kappa shape index (κ3) is 19.7. The third-order valence-electron chi connectivity index (χ3n) is 5.33. The molecular weight excluding hydrogens is 352 g/mol. The van der Waals surface area contributed by atoms with Crippen LogP contribution in [0.25, 0.3) is 0 Å². The minimum atomic E-state index is -0.781. The van der Waals surface area contributed by atoms with Crippen LogP contribution in [0.5, 0.6) is 0 Å². The van der Waals surface area contributed by atoms with Crippen LogP contribution in [-0.2, 0) is 9.59 Å². The van der Waals surface area contributed by atoms with E-state index in [1.807, 2.05) is 14.1 Å². The number of hydrogen-bond acceptors (Lipinski definition) is 2. The molecule has 0 radical (unpaired) electrons. The Kier molecular flexibility index (Phi) is 17.3. The van der Waals surface area contributed by atoms with Gasteiger partial charge in [0.2, 0.25) is 5.91 Å². The second kappa shape index (κ2) is 18.0. The summed E-state index contributed by atoms with van der Waals surface area (Å²) in [7, 11) is 3.81. The van der Waals surface area contributed by atoms with Crippen LogP contribution in [0.15, 0.2) is 0 Å². The van der Waals surface area contributed by atoms with Crippen molar-refractivity contribution >= 4 is 11.9 Å². The number of carbonyl (C=O) groups is 2. The number of likely N-dealkylation sites (N-methyl/N-ethyl adjacent to an activating group) is 1. The molecule has 1 amide bonds. The molecule has 5 nitrogen and oxygen atoms in total. The van der Waals surface area contributed by atoms with Gasteiger partial charge in [-0.15, -0.1) is 0 Å². The molecule has 0 aromatic carbocycles. The third-order valence-corrected chi connectivity index (χ3v) is 5.33. The van der Waals surface area contributed by atoms with Gasteiger partial charge in [0.15, 0.2) is 6.54 Å². The molecule has 0 atom stereocenters. The zero-order valence-corrected chi connectivity index (χ0v) is 18.9. The summed E-state index contributed by atoms with van der Waals surface area (Å²) in [5.41, 5.74) is 0. The predicted octanol–water partition coefficient (Wildman–Crippen LogP) is 5.14. The van der Waals surface area contributed by atoms with Crippen molar-refractivity contribution in [2.24, 2.45) is 0 Å². The summed E-state index contributed by atoms with van der Waals surface area (Å²) < 4.78 is 0.448. The minimum absolute atomic E-state index is 0.118. The average molecular weight is 400 g/mol. The van der Waals surface area contributed by atoms with Crippen molar-refractivity contribution in [1.29, 1.82) is 0 Å². The molecule has 0 heterocycles. The summed E-state index contributed by atoms with van der Waals surface area (Å²) in [6, 6.07) is 0. The number of unbranched alkanes of at least 4 members (excludes halogenated alkanes) is 12. The number of carbonyl (C=O) groups excluding carboxylic acids is 1. The van der Waals surface area contributed by atoms with E-state index in [0.29, 0.717) is 17.4 Å². The van der Waals surface area contributed by atoms with E-state index in [-0.39, 0.29) is 12.5 Å². The van der Waals surface area contributed by atoms with E-state index in [1.165, 1.54) is 70.6 Å². The number of quaternary nitrogens is 1. The topological polar surface area (TPSA) is 66.4 Å². The van der Waals surface area contributed by atoms with Crippen LogP contribution in [0, 0.1) is 0 Å². The second-order valence-electron chi connectivity index (χ2n) is 8.91. The molecule has 0 saturated heterocycles. The van der Waals surface area contributed by atoms with Crippen LogP contribution in [0.4, 0.5) is 0 Å². The van der Waals surface area contributed by atoms with E-state index >= 15 is 0 Å². The van der Waals surface area contributed by atoms with Gasteiger partial charge < -0.3 is 14.9 Å². The molecule has 0 rings (SSSR count). The van der Waals surface area contributed by atoms with Crippen LogP contribution in [0.2, 0.25) is 0 Å². The number of rotatable bonds is 20.